The predicted molar refractivity (Wildman–Crippen MR) is 152 cm³/mol. The first kappa shape index (κ1) is 29.7. The van der Waals surface area contributed by atoms with Gasteiger partial charge in [0, 0.05) is 24.7 Å². The third kappa shape index (κ3) is 10.1. The van der Waals surface area contributed by atoms with E-state index in [0.29, 0.717) is 36.4 Å². The van der Waals surface area contributed by atoms with Gasteiger partial charge in [-0.05, 0) is 41.7 Å². The zero-order valence-electron chi connectivity index (χ0n) is 22.3. The first-order valence-corrected chi connectivity index (χ1v) is 13.0. The van der Waals surface area contributed by atoms with Gasteiger partial charge in [-0.3, -0.25) is 14.4 Å². The van der Waals surface area contributed by atoms with Gasteiger partial charge in [-0.25, -0.2) is 4.79 Å². The van der Waals surface area contributed by atoms with E-state index in [1.807, 2.05) is 42.5 Å². The number of anilines is 1. The number of hydrogen-bond acceptors (Lipinski definition) is 5. The van der Waals surface area contributed by atoms with Gasteiger partial charge in [0.1, 0.15) is 5.75 Å². The number of unbranched alkanes of at least 4 members (excludes halogenated alkanes) is 1. The van der Waals surface area contributed by atoms with Crippen LogP contribution in [0.25, 0.3) is 11.1 Å². The summed E-state index contributed by atoms with van der Waals surface area (Å²) in [6.07, 6.45) is 0.988. The summed E-state index contributed by atoms with van der Waals surface area (Å²) in [6.45, 7) is 0.113. The fraction of sp³-hybridized carbons (Fsp3) is 0.267. The smallest absolute Gasteiger partial charge is 0.319 e. The van der Waals surface area contributed by atoms with Crippen molar-refractivity contribution in [2.45, 2.75) is 31.7 Å². The standard InChI is InChI=1S/C30H34N4O6/c1-40-25-11-7-10-24(18-25)33-30(39)31-17-6-5-12-27(35)32-20-28(36)34-26(19-29(37)38)23-15-13-22(14-16-23)21-8-3-2-4-9-21/h2-4,7-11,13-16,18,26H,5-6,12,17,19-20H2,1H3,(H,32,35)(H,34,36)(H,37,38)(H2,31,33,39). The number of hydrogen-bond donors (Lipinski definition) is 5. The van der Waals surface area contributed by atoms with Crippen molar-refractivity contribution < 1.29 is 29.0 Å². The zero-order chi connectivity index (χ0) is 28.7. The minimum atomic E-state index is -1.05. The van der Waals surface area contributed by atoms with Crippen molar-refractivity contribution in [1.29, 1.82) is 0 Å². The highest BCUT2D eigenvalue weighted by atomic mass is 16.5. The number of carboxylic acids is 1. The molecule has 0 aromatic heterocycles. The van der Waals surface area contributed by atoms with E-state index < -0.39 is 17.9 Å². The van der Waals surface area contributed by atoms with E-state index in [1.165, 1.54) is 0 Å². The van der Waals surface area contributed by atoms with E-state index in [2.05, 4.69) is 21.3 Å². The average Bonchev–Trinajstić information content (AvgIpc) is 2.96. The number of aliphatic carboxylic acids is 1. The number of rotatable bonds is 14. The quantitative estimate of drug-likeness (QED) is 0.193. The molecular weight excluding hydrogens is 512 g/mol. The summed E-state index contributed by atoms with van der Waals surface area (Å²) in [4.78, 5) is 48.0. The van der Waals surface area contributed by atoms with Crippen LogP contribution in [0.3, 0.4) is 0 Å². The van der Waals surface area contributed by atoms with E-state index in [0.717, 1.165) is 11.1 Å². The lowest BCUT2D eigenvalue weighted by Gasteiger charge is -2.18. The van der Waals surface area contributed by atoms with Crippen molar-refractivity contribution in [2.24, 2.45) is 0 Å². The Bertz CT molecular complexity index is 1280. The highest BCUT2D eigenvalue weighted by Crippen LogP contribution is 2.23. The van der Waals surface area contributed by atoms with E-state index in [-0.39, 0.29) is 31.3 Å². The van der Waals surface area contributed by atoms with Gasteiger partial charge in [-0.1, -0.05) is 60.7 Å². The highest BCUT2D eigenvalue weighted by Gasteiger charge is 2.18. The molecule has 0 bridgehead atoms. The summed E-state index contributed by atoms with van der Waals surface area (Å²) in [5.74, 6) is -1.21. The monoisotopic (exact) mass is 546 g/mol. The number of carbonyl (C=O) groups excluding carboxylic acids is 3. The molecule has 0 heterocycles. The van der Waals surface area contributed by atoms with E-state index in [9.17, 15) is 24.3 Å². The van der Waals surface area contributed by atoms with Gasteiger partial charge in [0.25, 0.3) is 0 Å². The lowest BCUT2D eigenvalue weighted by atomic mass is 9.99. The molecule has 1 unspecified atom stereocenters. The van der Waals surface area contributed by atoms with Crippen LogP contribution in [0.1, 0.15) is 37.3 Å². The van der Waals surface area contributed by atoms with Crippen LogP contribution in [0.2, 0.25) is 0 Å². The van der Waals surface area contributed by atoms with Crippen LogP contribution in [0, 0.1) is 0 Å². The minimum Gasteiger partial charge on any atom is -0.497 e. The molecule has 3 rings (SSSR count). The van der Waals surface area contributed by atoms with Crippen LogP contribution >= 0.6 is 0 Å². The number of amides is 4. The predicted octanol–water partition coefficient (Wildman–Crippen LogP) is 4.10. The number of nitrogens with one attached hydrogen (secondary N) is 4. The van der Waals surface area contributed by atoms with Crippen molar-refractivity contribution in [2.75, 3.05) is 25.5 Å². The molecule has 0 aliphatic carbocycles. The van der Waals surface area contributed by atoms with Crippen LogP contribution in [-0.4, -0.2) is 49.1 Å². The molecule has 1 atom stereocenters. The summed E-state index contributed by atoms with van der Waals surface area (Å²) < 4.78 is 5.12. The maximum absolute atomic E-state index is 12.5. The largest absolute Gasteiger partial charge is 0.497 e. The van der Waals surface area contributed by atoms with Crippen LogP contribution in [0.15, 0.2) is 78.9 Å². The number of methoxy groups -OCH3 is 1. The minimum absolute atomic E-state index is 0.186. The maximum Gasteiger partial charge on any atom is 0.319 e. The summed E-state index contributed by atoms with van der Waals surface area (Å²) in [7, 11) is 1.55. The summed E-state index contributed by atoms with van der Waals surface area (Å²) in [5, 5.41) is 20.0. The molecule has 10 heteroatoms. The lowest BCUT2D eigenvalue weighted by Crippen LogP contribution is -2.39. The number of carbonyl (C=O) groups is 4. The topological polar surface area (TPSA) is 146 Å². The van der Waals surface area contributed by atoms with Gasteiger partial charge < -0.3 is 31.1 Å². The number of ether oxygens (including phenoxy) is 1. The fourth-order valence-corrected chi connectivity index (χ4v) is 3.97. The Morgan fingerprint density at radius 1 is 0.825 bits per heavy atom. The van der Waals surface area contributed by atoms with Crippen LogP contribution in [0.5, 0.6) is 5.75 Å². The first-order chi connectivity index (χ1) is 19.3. The first-order valence-electron chi connectivity index (χ1n) is 13.0. The van der Waals surface area contributed by atoms with E-state index >= 15 is 0 Å². The molecule has 0 radical (unpaired) electrons. The van der Waals surface area contributed by atoms with Crippen LogP contribution in [0.4, 0.5) is 10.5 Å². The second-order valence-corrected chi connectivity index (χ2v) is 9.05. The number of carboxylic acid groups (broad SMARTS) is 1. The zero-order valence-corrected chi connectivity index (χ0v) is 22.3. The summed E-state index contributed by atoms with van der Waals surface area (Å²) in [5.41, 5.74) is 3.27. The summed E-state index contributed by atoms with van der Waals surface area (Å²) >= 11 is 0. The molecule has 0 saturated carbocycles. The van der Waals surface area contributed by atoms with Gasteiger partial charge in [0.05, 0.1) is 26.1 Å². The van der Waals surface area contributed by atoms with E-state index in [1.54, 1.807) is 43.5 Å². The van der Waals surface area contributed by atoms with Gasteiger partial charge in [-0.2, -0.15) is 0 Å². The van der Waals surface area contributed by atoms with Crippen molar-refractivity contribution in [3.05, 3.63) is 84.4 Å². The highest BCUT2D eigenvalue weighted by molar-refractivity contribution is 5.89. The second kappa shape index (κ2) is 15.5. The molecule has 3 aromatic carbocycles. The third-order valence-corrected chi connectivity index (χ3v) is 6.02. The molecule has 3 aromatic rings. The van der Waals surface area contributed by atoms with Crippen LogP contribution in [-0.2, 0) is 14.4 Å². The van der Waals surface area contributed by atoms with Gasteiger partial charge in [0.15, 0.2) is 0 Å². The molecule has 40 heavy (non-hydrogen) atoms. The molecule has 0 saturated heterocycles. The van der Waals surface area contributed by atoms with Gasteiger partial charge in [0.2, 0.25) is 11.8 Å². The second-order valence-electron chi connectivity index (χ2n) is 9.05. The Labute approximate surface area is 233 Å². The molecule has 5 N–H and O–H groups in total. The Balaban J connectivity index is 1.36. The molecule has 10 nitrogen and oxygen atoms in total. The fourth-order valence-electron chi connectivity index (χ4n) is 3.97. The van der Waals surface area contributed by atoms with Gasteiger partial charge >= 0.3 is 12.0 Å². The number of urea groups is 1. The van der Waals surface area contributed by atoms with Crippen molar-refractivity contribution in [3.8, 4) is 16.9 Å². The SMILES string of the molecule is COc1cccc(NC(=O)NCCCCC(=O)NCC(=O)NC(CC(=O)O)c2ccc(-c3ccccc3)cc2)c1. The van der Waals surface area contributed by atoms with Crippen LogP contribution < -0.4 is 26.0 Å². The van der Waals surface area contributed by atoms with E-state index in [4.69, 9.17) is 4.74 Å². The van der Waals surface area contributed by atoms with Gasteiger partial charge in [-0.15, -0.1) is 0 Å². The summed E-state index contributed by atoms with van der Waals surface area (Å²) in [6, 6.07) is 23.0. The molecule has 0 aliphatic heterocycles. The molecule has 0 aliphatic rings. The normalized spacial score (nSPS) is 11.1. The lowest BCUT2D eigenvalue weighted by molar-refractivity contribution is -0.138. The molecule has 210 valence electrons. The maximum atomic E-state index is 12.5. The molecule has 0 spiro atoms. The third-order valence-electron chi connectivity index (χ3n) is 6.02. The Morgan fingerprint density at radius 2 is 1.55 bits per heavy atom. The number of benzene rings is 3. The average molecular weight is 547 g/mol. The molecular formula is C30H34N4O6. The Kier molecular flexibility index (Phi) is 11.5. The molecule has 0 fully saturated rings. The van der Waals surface area contributed by atoms with Crippen molar-refractivity contribution >= 4 is 29.5 Å². The Morgan fingerprint density at radius 3 is 2.25 bits per heavy atom. The van der Waals surface area contributed by atoms with Crippen molar-refractivity contribution in [1.82, 2.24) is 16.0 Å². The Hall–Kier alpha value is -4.86. The van der Waals surface area contributed by atoms with Crippen molar-refractivity contribution in [3.63, 3.8) is 0 Å². The molecule has 4 amide bonds.